The Balaban J connectivity index is 1.33. The van der Waals surface area contributed by atoms with Crippen LogP contribution >= 0.6 is 0 Å². The fourth-order valence-corrected chi connectivity index (χ4v) is 11.2. The van der Waals surface area contributed by atoms with Gasteiger partial charge in [-0.15, -0.1) is 0 Å². The fourth-order valence-electron chi connectivity index (χ4n) is 11.2. The summed E-state index contributed by atoms with van der Waals surface area (Å²) in [5.74, 6) is 2.96. The van der Waals surface area contributed by atoms with E-state index in [4.69, 9.17) is 4.52 Å². The molecule has 5 nitrogen and oxygen atoms in total. The van der Waals surface area contributed by atoms with Gasteiger partial charge in [-0.3, -0.25) is 9.59 Å². The topological polar surface area (TPSA) is 63.4 Å². The minimum Gasteiger partial charge on any atom is -0.361 e. The van der Waals surface area contributed by atoms with E-state index in [9.17, 15) is 9.59 Å². The maximum atomic E-state index is 14.6. The molecule has 0 spiro atoms. The molecular formula is C33H46N2O3. The molecule has 0 unspecified atom stereocenters. The monoisotopic (exact) mass is 518 g/mol. The summed E-state index contributed by atoms with van der Waals surface area (Å²) in [6, 6.07) is 0. The average Bonchev–Trinajstić information content (AvgIpc) is 3.31. The van der Waals surface area contributed by atoms with Crippen LogP contribution in [0, 0.1) is 44.8 Å². The lowest BCUT2D eigenvalue weighted by atomic mass is 9.34. The van der Waals surface area contributed by atoms with Crippen molar-refractivity contribution in [2.45, 2.75) is 105 Å². The van der Waals surface area contributed by atoms with Gasteiger partial charge in [-0.25, -0.2) is 0 Å². The van der Waals surface area contributed by atoms with E-state index < -0.39 is 0 Å². The van der Waals surface area contributed by atoms with Crippen LogP contribution in [-0.4, -0.2) is 34.8 Å². The Kier molecular flexibility index (Phi) is 5.04. The second kappa shape index (κ2) is 7.63. The highest BCUT2D eigenvalue weighted by Crippen LogP contribution is 2.74. The van der Waals surface area contributed by atoms with Crippen molar-refractivity contribution in [1.82, 2.24) is 10.1 Å². The van der Waals surface area contributed by atoms with Crippen molar-refractivity contribution in [3.8, 4) is 0 Å². The van der Waals surface area contributed by atoms with E-state index in [1.54, 1.807) is 0 Å². The molecule has 6 aliphatic rings. The smallest absolute Gasteiger partial charge is 0.224 e. The molecule has 7 rings (SSSR count). The molecular weight excluding hydrogens is 472 g/mol. The van der Waals surface area contributed by atoms with Crippen LogP contribution in [0.5, 0.6) is 0 Å². The molecule has 1 aliphatic heterocycles. The number of likely N-dealkylation sites (tertiary alicyclic amines) is 1. The first-order valence-electron chi connectivity index (χ1n) is 15.3. The van der Waals surface area contributed by atoms with Gasteiger partial charge in [-0.2, -0.15) is 0 Å². The Labute approximate surface area is 228 Å². The SMILES string of the molecule is C[C@@H]1c2oncc2C[C@]2(C)C3=CC(=O)[C@@H]4[C@@H]5CC(C)(C)CC[C@]5(CN5CCC5=O)CC[C@@]4(C)[C@]3(C)CC[C@@H]12. The third kappa shape index (κ3) is 3.02. The molecule has 3 saturated carbocycles. The summed E-state index contributed by atoms with van der Waals surface area (Å²) in [4.78, 5) is 29.1. The Morgan fingerprint density at radius 3 is 2.50 bits per heavy atom. The van der Waals surface area contributed by atoms with Crippen molar-refractivity contribution in [1.29, 1.82) is 0 Å². The highest BCUT2D eigenvalue weighted by molar-refractivity contribution is 5.95. The van der Waals surface area contributed by atoms with Crippen LogP contribution in [0.3, 0.4) is 0 Å². The average molecular weight is 519 g/mol. The molecule has 5 aliphatic carbocycles. The molecule has 4 fully saturated rings. The number of hydrogen-bond acceptors (Lipinski definition) is 4. The molecule has 2 heterocycles. The first-order valence-corrected chi connectivity index (χ1v) is 15.3. The summed E-state index contributed by atoms with van der Waals surface area (Å²) in [6.07, 6.45) is 13.7. The van der Waals surface area contributed by atoms with E-state index >= 15 is 0 Å². The summed E-state index contributed by atoms with van der Waals surface area (Å²) in [6.45, 7) is 16.3. The number of ketones is 1. The molecule has 206 valence electrons. The molecule has 0 aromatic carbocycles. The van der Waals surface area contributed by atoms with Crippen molar-refractivity contribution in [2.24, 2.45) is 44.8 Å². The van der Waals surface area contributed by atoms with E-state index in [1.807, 2.05) is 6.20 Å². The van der Waals surface area contributed by atoms with E-state index in [-0.39, 0.29) is 33.0 Å². The van der Waals surface area contributed by atoms with Gasteiger partial charge in [0.2, 0.25) is 5.91 Å². The summed E-state index contributed by atoms with van der Waals surface area (Å²) in [5.41, 5.74) is 2.89. The van der Waals surface area contributed by atoms with E-state index in [0.29, 0.717) is 35.9 Å². The molecule has 8 atom stereocenters. The van der Waals surface area contributed by atoms with Crippen LogP contribution in [0.2, 0.25) is 0 Å². The van der Waals surface area contributed by atoms with Crippen molar-refractivity contribution in [3.63, 3.8) is 0 Å². The largest absolute Gasteiger partial charge is 0.361 e. The summed E-state index contributed by atoms with van der Waals surface area (Å²) >= 11 is 0. The van der Waals surface area contributed by atoms with Gasteiger partial charge in [0.05, 0.1) is 6.20 Å². The van der Waals surface area contributed by atoms with Gasteiger partial charge < -0.3 is 9.42 Å². The summed E-state index contributed by atoms with van der Waals surface area (Å²) in [5, 5.41) is 4.18. The second-order valence-electron chi connectivity index (χ2n) is 15.8. The van der Waals surface area contributed by atoms with Crippen LogP contribution in [-0.2, 0) is 16.0 Å². The standard InChI is InChI=1S/C33H46N2O3/c1-20-22-7-9-31(5)25(30(22,4)16-21-18-34-38-28(20)21)15-24(36)27-23-17-29(2,3)10-12-33(23,13-11-32(27,31)6)19-35-14-8-26(35)37/h15,18,20,22-23,27H,7-14,16-17,19H2,1-6H3/t20-,22-,23-,27-,30-,31+,32+,33+/m0/s1. The lowest BCUT2D eigenvalue weighted by molar-refractivity contribution is -0.178. The molecule has 5 heteroatoms. The zero-order valence-electron chi connectivity index (χ0n) is 24.4. The number of β-lactam (4-membered cyclic amide) rings is 1. The minimum absolute atomic E-state index is 0.00550. The molecule has 1 saturated heterocycles. The number of allylic oxidation sites excluding steroid dienone is 2. The van der Waals surface area contributed by atoms with E-state index in [2.05, 4.69) is 57.7 Å². The Bertz CT molecular complexity index is 1240. The van der Waals surface area contributed by atoms with Crippen LogP contribution in [0.1, 0.15) is 110 Å². The van der Waals surface area contributed by atoms with Gasteiger partial charge in [0.1, 0.15) is 5.76 Å². The Hall–Kier alpha value is -1.91. The number of rotatable bonds is 2. The fraction of sp³-hybridized carbons (Fsp3) is 0.788. The molecule has 0 bridgehead atoms. The van der Waals surface area contributed by atoms with Crippen molar-refractivity contribution >= 4 is 11.7 Å². The number of carbonyl (C=O) groups excluding carboxylic acids is 2. The number of aromatic nitrogens is 1. The normalized spacial score (nSPS) is 47.1. The van der Waals surface area contributed by atoms with Gasteiger partial charge in [-0.1, -0.05) is 52.3 Å². The number of nitrogens with zero attached hydrogens (tertiary/aromatic N) is 2. The first kappa shape index (κ1) is 25.1. The zero-order chi connectivity index (χ0) is 26.9. The number of amides is 1. The van der Waals surface area contributed by atoms with E-state index in [0.717, 1.165) is 57.4 Å². The third-order valence-electron chi connectivity index (χ3n) is 13.6. The molecule has 1 amide bonds. The highest BCUT2D eigenvalue weighted by atomic mass is 16.5. The van der Waals surface area contributed by atoms with Crippen molar-refractivity contribution in [3.05, 3.63) is 29.2 Å². The van der Waals surface area contributed by atoms with Crippen LogP contribution in [0.25, 0.3) is 0 Å². The Morgan fingerprint density at radius 2 is 1.79 bits per heavy atom. The van der Waals surface area contributed by atoms with Gasteiger partial charge in [0, 0.05) is 36.9 Å². The molecule has 0 radical (unpaired) electrons. The van der Waals surface area contributed by atoms with Crippen molar-refractivity contribution < 1.29 is 14.1 Å². The maximum Gasteiger partial charge on any atom is 0.224 e. The Morgan fingerprint density at radius 1 is 1.03 bits per heavy atom. The second-order valence-corrected chi connectivity index (χ2v) is 15.8. The minimum atomic E-state index is -0.0547. The molecule has 1 aromatic rings. The molecule has 38 heavy (non-hydrogen) atoms. The number of carbonyl (C=O) groups is 2. The van der Waals surface area contributed by atoms with Gasteiger partial charge in [0.25, 0.3) is 0 Å². The van der Waals surface area contributed by atoms with Gasteiger partial charge in [-0.05, 0) is 96.4 Å². The first-order chi connectivity index (χ1) is 17.8. The van der Waals surface area contributed by atoms with Crippen LogP contribution in [0.15, 0.2) is 22.4 Å². The van der Waals surface area contributed by atoms with E-state index in [1.165, 1.54) is 24.0 Å². The predicted molar refractivity (Wildman–Crippen MR) is 146 cm³/mol. The molecule has 0 N–H and O–H groups in total. The zero-order valence-corrected chi connectivity index (χ0v) is 24.4. The predicted octanol–water partition coefficient (Wildman–Crippen LogP) is 6.73. The third-order valence-corrected chi connectivity index (χ3v) is 13.6. The van der Waals surface area contributed by atoms with Crippen LogP contribution < -0.4 is 0 Å². The number of hydrogen-bond donors (Lipinski definition) is 0. The van der Waals surface area contributed by atoms with Crippen LogP contribution in [0.4, 0.5) is 0 Å². The van der Waals surface area contributed by atoms with Gasteiger partial charge in [0.15, 0.2) is 5.78 Å². The molecule has 1 aromatic heterocycles. The number of fused-ring (bicyclic) bond motifs is 8. The van der Waals surface area contributed by atoms with Gasteiger partial charge >= 0.3 is 0 Å². The summed E-state index contributed by atoms with van der Waals surface area (Å²) in [7, 11) is 0. The highest BCUT2D eigenvalue weighted by Gasteiger charge is 2.69. The lowest BCUT2D eigenvalue weighted by Gasteiger charge is -2.69. The van der Waals surface area contributed by atoms with Crippen molar-refractivity contribution in [2.75, 3.05) is 13.1 Å². The summed E-state index contributed by atoms with van der Waals surface area (Å²) < 4.78 is 5.73. The lowest BCUT2D eigenvalue weighted by Crippen LogP contribution is -2.66. The maximum absolute atomic E-state index is 14.6. The quantitative estimate of drug-likeness (QED) is 0.407.